The van der Waals surface area contributed by atoms with E-state index in [0.717, 1.165) is 53.4 Å². The standard InChI is InChI=1S/C35H38N6O4/c1-2-41(25-13-7-4-8-14-25)33(42)29-26-15-9-10-16-28(26)38-30(24-11-5-3-6-12-24)27(29)23-39-19-21-40(22-20-39)34(43)31-32(35(44)45)37-18-17-36-31/h3,5-6,9-12,15-18,25H,2,4,7-8,13-14,19-23H2,1H3,(H,44,45). The van der Waals surface area contributed by atoms with Gasteiger partial charge in [0, 0.05) is 74.2 Å². The van der Waals surface area contributed by atoms with Gasteiger partial charge in [0.15, 0.2) is 11.4 Å². The molecule has 0 bridgehead atoms. The lowest BCUT2D eigenvalue weighted by molar-refractivity contribution is 0.0597. The minimum atomic E-state index is -1.28. The second-order valence-electron chi connectivity index (χ2n) is 11.7. The van der Waals surface area contributed by atoms with Crippen molar-refractivity contribution in [2.24, 2.45) is 0 Å². The highest BCUT2D eigenvalue weighted by atomic mass is 16.4. The average molecular weight is 607 g/mol. The Hall–Kier alpha value is -4.70. The van der Waals surface area contributed by atoms with Gasteiger partial charge in [-0.1, -0.05) is 67.8 Å². The Morgan fingerprint density at radius 1 is 0.867 bits per heavy atom. The molecule has 4 aromatic rings. The molecule has 0 radical (unpaired) electrons. The largest absolute Gasteiger partial charge is 0.476 e. The monoisotopic (exact) mass is 606 g/mol. The molecule has 232 valence electrons. The maximum absolute atomic E-state index is 14.7. The number of nitrogens with zero attached hydrogens (tertiary/aromatic N) is 6. The van der Waals surface area contributed by atoms with E-state index in [4.69, 9.17) is 4.98 Å². The highest BCUT2D eigenvalue weighted by Gasteiger charge is 2.32. The van der Waals surface area contributed by atoms with E-state index in [0.29, 0.717) is 44.8 Å². The van der Waals surface area contributed by atoms with Crippen LogP contribution in [0.4, 0.5) is 0 Å². The topological polar surface area (TPSA) is 120 Å². The second kappa shape index (κ2) is 13.5. The molecule has 2 aliphatic rings. The van der Waals surface area contributed by atoms with Gasteiger partial charge in [-0.3, -0.25) is 14.5 Å². The van der Waals surface area contributed by atoms with E-state index in [2.05, 4.69) is 26.7 Å². The van der Waals surface area contributed by atoms with Crippen LogP contribution in [0.15, 0.2) is 67.0 Å². The molecule has 0 spiro atoms. The van der Waals surface area contributed by atoms with Crippen molar-refractivity contribution >= 4 is 28.7 Å². The first kappa shape index (κ1) is 30.3. The summed E-state index contributed by atoms with van der Waals surface area (Å²) >= 11 is 0. The third-order valence-corrected chi connectivity index (χ3v) is 9.02. The van der Waals surface area contributed by atoms with Gasteiger partial charge in [0.1, 0.15) is 0 Å². The number of para-hydroxylation sites is 1. The Morgan fingerprint density at radius 2 is 1.53 bits per heavy atom. The van der Waals surface area contributed by atoms with Crippen molar-refractivity contribution in [3.05, 3.63) is 89.5 Å². The molecule has 10 heteroatoms. The molecule has 1 saturated carbocycles. The van der Waals surface area contributed by atoms with E-state index in [1.807, 2.05) is 54.6 Å². The molecule has 2 aromatic carbocycles. The van der Waals surface area contributed by atoms with Crippen LogP contribution in [0.3, 0.4) is 0 Å². The SMILES string of the molecule is CCN(C(=O)c1c(CN2CCN(C(=O)c3nccnc3C(=O)O)CC2)c(-c2ccccc2)nc2ccccc12)C1CCCCC1. The molecule has 2 aromatic heterocycles. The minimum absolute atomic E-state index is 0.0489. The highest BCUT2D eigenvalue weighted by Crippen LogP contribution is 2.34. The first-order chi connectivity index (χ1) is 22.0. The number of hydrogen-bond donors (Lipinski definition) is 1. The van der Waals surface area contributed by atoms with Crippen LogP contribution in [-0.4, -0.2) is 91.3 Å². The third kappa shape index (κ3) is 6.28. The maximum Gasteiger partial charge on any atom is 0.356 e. The van der Waals surface area contributed by atoms with E-state index >= 15 is 0 Å². The second-order valence-corrected chi connectivity index (χ2v) is 11.7. The van der Waals surface area contributed by atoms with Gasteiger partial charge in [-0.2, -0.15) is 0 Å². The molecule has 0 unspecified atom stereocenters. The number of hydrogen-bond acceptors (Lipinski definition) is 7. The van der Waals surface area contributed by atoms with Crippen LogP contribution in [0.2, 0.25) is 0 Å². The number of aromatic nitrogens is 3. The predicted octanol–water partition coefficient (Wildman–Crippen LogP) is 5.14. The van der Waals surface area contributed by atoms with Crippen LogP contribution in [0.25, 0.3) is 22.2 Å². The smallest absolute Gasteiger partial charge is 0.356 e. The van der Waals surface area contributed by atoms with Gasteiger partial charge >= 0.3 is 5.97 Å². The zero-order chi connectivity index (χ0) is 31.3. The van der Waals surface area contributed by atoms with Crippen LogP contribution < -0.4 is 0 Å². The van der Waals surface area contributed by atoms with Crippen molar-refractivity contribution in [1.29, 1.82) is 0 Å². The first-order valence-corrected chi connectivity index (χ1v) is 15.8. The molecular weight excluding hydrogens is 568 g/mol. The lowest BCUT2D eigenvalue weighted by atomic mass is 9.91. The van der Waals surface area contributed by atoms with Gasteiger partial charge in [0.05, 0.1) is 16.8 Å². The van der Waals surface area contributed by atoms with Crippen LogP contribution in [0, 0.1) is 0 Å². The van der Waals surface area contributed by atoms with E-state index < -0.39 is 11.9 Å². The number of amides is 2. The van der Waals surface area contributed by atoms with Crippen molar-refractivity contribution in [3.8, 4) is 11.3 Å². The Morgan fingerprint density at radius 3 is 2.22 bits per heavy atom. The number of carbonyl (C=O) groups excluding carboxylic acids is 2. The summed E-state index contributed by atoms with van der Waals surface area (Å²) in [5.41, 5.74) is 3.63. The first-order valence-electron chi connectivity index (χ1n) is 15.8. The lowest BCUT2D eigenvalue weighted by Gasteiger charge is -2.36. The Bertz CT molecular complexity index is 1700. The molecule has 1 aliphatic heterocycles. The van der Waals surface area contributed by atoms with Gasteiger partial charge < -0.3 is 14.9 Å². The van der Waals surface area contributed by atoms with Crippen molar-refractivity contribution in [3.63, 3.8) is 0 Å². The molecule has 0 atom stereocenters. The quantitative estimate of drug-likeness (QED) is 0.293. The molecule has 6 rings (SSSR count). The van der Waals surface area contributed by atoms with E-state index in [1.165, 1.54) is 18.8 Å². The summed E-state index contributed by atoms with van der Waals surface area (Å²) in [5, 5.41) is 10.4. The molecular formula is C35H38N6O4. The lowest BCUT2D eigenvalue weighted by Crippen LogP contribution is -2.49. The van der Waals surface area contributed by atoms with Gasteiger partial charge in [-0.25, -0.2) is 19.7 Å². The predicted molar refractivity (Wildman–Crippen MR) is 171 cm³/mol. The summed E-state index contributed by atoms with van der Waals surface area (Å²) in [4.78, 5) is 58.5. The van der Waals surface area contributed by atoms with E-state index in [1.54, 1.807) is 4.90 Å². The third-order valence-electron chi connectivity index (χ3n) is 9.02. The Labute approximate surface area is 262 Å². The van der Waals surface area contributed by atoms with Crippen LogP contribution in [0.1, 0.15) is 75.9 Å². The molecule has 2 amide bonds. The maximum atomic E-state index is 14.7. The number of carbonyl (C=O) groups is 3. The van der Waals surface area contributed by atoms with Gasteiger partial charge in [-0.15, -0.1) is 0 Å². The van der Waals surface area contributed by atoms with E-state index in [9.17, 15) is 19.5 Å². The zero-order valence-corrected chi connectivity index (χ0v) is 25.6. The summed E-state index contributed by atoms with van der Waals surface area (Å²) in [6.45, 7) is 5.06. The summed E-state index contributed by atoms with van der Waals surface area (Å²) < 4.78 is 0. The zero-order valence-electron chi connectivity index (χ0n) is 25.6. The number of pyridine rings is 1. The van der Waals surface area contributed by atoms with Gasteiger partial charge in [-0.05, 0) is 25.8 Å². The number of carboxylic acid groups (broad SMARTS) is 1. The molecule has 1 aliphatic carbocycles. The van der Waals surface area contributed by atoms with E-state index in [-0.39, 0.29) is 23.3 Å². The number of fused-ring (bicyclic) bond motifs is 1. The molecule has 1 saturated heterocycles. The Balaban J connectivity index is 1.35. The summed E-state index contributed by atoms with van der Waals surface area (Å²) in [7, 11) is 0. The number of aromatic carboxylic acids is 1. The number of benzene rings is 2. The number of piperazine rings is 1. The molecule has 45 heavy (non-hydrogen) atoms. The molecule has 3 heterocycles. The highest BCUT2D eigenvalue weighted by molar-refractivity contribution is 6.09. The fourth-order valence-corrected chi connectivity index (χ4v) is 6.72. The molecule has 1 N–H and O–H groups in total. The van der Waals surface area contributed by atoms with Crippen molar-refractivity contribution in [2.75, 3.05) is 32.7 Å². The van der Waals surface area contributed by atoms with Crippen molar-refractivity contribution in [2.45, 2.75) is 51.6 Å². The number of rotatable bonds is 8. The van der Waals surface area contributed by atoms with Crippen molar-refractivity contribution in [1.82, 2.24) is 29.7 Å². The van der Waals surface area contributed by atoms with Crippen molar-refractivity contribution < 1.29 is 19.5 Å². The van der Waals surface area contributed by atoms with Gasteiger partial charge in [0.2, 0.25) is 0 Å². The summed E-state index contributed by atoms with van der Waals surface area (Å²) in [5.74, 6) is -1.68. The van der Waals surface area contributed by atoms with Crippen LogP contribution in [0.5, 0.6) is 0 Å². The fraction of sp³-hybridized carbons (Fsp3) is 0.371. The van der Waals surface area contributed by atoms with Crippen LogP contribution >= 0.6 is 0 Å². The number of carboxylic acids is 1. The molecule has 10 nitrogen and oxygen atoms in total. The Kier molecular flexibility index (Phi) is 9.11. The fourth-order valence-electron chi connectivity index (χ4n) is 6.72. The normalized spacial score (nSPS) is 16.1. The molecule has 2 fully saturated rings. The van der Waals surface area contributed by atoms with Crippen LogP contribution in [-0.2, 0) is 6.54 Å². The summed E-state index contributed by atoms with van der Waals surface area (Å²) in [6, 6.07) is 18.1. The van der Waals surface area contributed by atoms with Gasteiger partial charge in [0.25, 0.3) is 11.8 Å². The average Bonchev–Trinajstić information content (AvgIpc) is 3.09. The summed E-state index contributed by atoms with van der Waals surface area (Å²) in [6.07, 6.45) is 8.14. The minimum Gasteiger partial charge on any atom is -0.476 e.